The molecule has 0 fully saturated rings. The Balaban J connectivity index is 1.28. The van der Waals surface area contributed by atoms with Crippen molar-refractivity contribution < 1.29 is 18.3 Å². The first-order chi connectivity index (χ1) is 20.3. The Hall–Kier alpha value is -5.58. The van der Waals surface area contributed by atoms with Gasteiger partial charge in [-0.05, 0) is 74.5 Å². The summed E-state index contributed by atoms with van der Waals surface area (Å²) < 4.78 is 37.9. The Labute approximate surface area is 238 Å². The number of pyridine rings is 1. The molecule has 1 amide bonds. The Morgan fingerprint density at radius 2 is 1.81 bits per heavy atom. The highest BCUT2D eigenvalue weighted by Gasteiger charge is 2.18. The maximum atomic E-state index is 15.3. The average molecular weight is 567 g/mol. The van der Waals surface area contributed by atoms with E-state index in [1.54, 1.807) is 37.6 Å². The molecule has 0 saturated carbocycles. The lowest BCUT2D eigenvalue weighted by Gasteiger charge is -2.14. The topological polar surface area (TPSA) is 107 Å². The van der Waals surface area contributed by atoms with Crippen LogP contribution in [0, 0.1) is 18.6 Å². The predicted molar refractivity (Wildman–Crippen MR) is 154 cm³/mol. The number of hydrogen-bond acceptors (Lipinski definition) is 5. The van der Waals surface area contributed by atoms with E-state index in [-0.39, 0.29) is 17.0 Å². The molecule has 6 rings (SSSR count). The first-order valence-corrected chi connectivity index (χ1v) is 13.1. The fourth-order valence-corrected chi connectivity index (χ4v) is 4.76. The van der Waals surface area contributed by atoms with Gasteiger partial charge < -0.3 is 10.1 Å². The van der Waals surface area contributed by atoms with Crippen molar-refractivity contribution >= 4 is 22.5 Å². The quantitative estimate of drug-likeness (QED) is 0.238. The number of ether oxygens (including phenoxy) is 1. The number of amides is 1. The molecule has 0 atom stereocenters. The van der Waals surface area contributed by atoms with Crippen LogP contribution in [-0.2, 0) is 6.54 Å². The number of hydrogen-bond donors (Lipinski definition) is 2. The number of nitrogens with one attached hydrogen (secondary N) is 2. The maximum Gasteiger partial charge on any atom is 0.268 e. The van der Waals surface area contributed by atoms with Crippen molar-refractivity contribution in [2.75, 3.05) is 5.32 Å². The number of halogens is 2. The van der Waals surface area contributed by atoms with Crippen LogP contribution in [0.15, 0.2) is 90.1 Å². The zero-order valence-electron chi connectivity index (χ0n) is 22.6. The van der Waals surface area contributed by atoms with Crippen LogP contribution in [-0.4, -0.2) is 30.5 Å². The minimum atomic E-state index is -0.720. The molecule has 0 unspecified atom stereocenters. The number of aryl methyl sites for hydroxylation is 2. The van der Waals surface area contributed by atoms with Crippen molar-refractivity contribution in [2.45, 2.75) is 20.4 Å². The molecule has 9 nitrogen and oxygen atoms in total. The van der Waals surface area contributed by atoms with Crippen molar-refractivity contribution in [3.05, 3.63) is 119 Å². The van der Waals surface area contributed by atoms with Crippen molar-refractivity contribution in [3.63, 3.8) is 0 Å². The highest BCUT2D eigenvalue weighted by Crippen LogP contribution is 2.37. The van der Waals surface area contributed by atoms with Crippen molar-refractivity contribution in [1.82, 2.24) is 24.5 Å². The molecule has 42 heavy (non-hydrogen) atoms. The van der Waals surface area contributed by atoms with E-state index in [4.69, 9.17) is 4.74 Å². The maximum absolute atomic E-state index is 15.3. The Kier molecular flexibility index (Phi) is 6.83. The molecule has 2 N–H and O–H groups in total. The molecule has 3 heterocycles. The van der Waals surface area contributed by atoms with Gasteiger partial charge in [-0.25, -0.2) is 8.78 Å². The summed E-state index contributed by atoms with van der Waals surface area (Å²) >= 11 is 0. The number of fused-ring (bicyclic) bond motifs is 1. The summed E-state index contributed by atoms with van der Waals surface area (Å²) in [6, 6.07) is 16.1. The third-order valence-electron chi connectivity index (χ3n) is 6.87. The molecule has 6 aromatic rings. The van der Waals surface area contributed by atoms with Crippen LogP contribution in [0.1, 0.15) is 23.0 Å². The molecular formula is C31H24F2N6O3. The van der Waals surface area contributed by atoms with Gasteiger partial charge in [-0.15, -0.1) is 0 Å². The number of H-pyrrole nitrogens is 1. The monoisotopic (exact) mass is 566 g/mol. The Morgan fingerprint density at radius 1 is 1.00 bits per heavy atom. The van der Waals surface area contributed by atoms with E-state index < -0.39 is 23.1 Å². The van der Waals surface area contributed by atoms with Gasteiger partial charge in [-0.3, -0.25) is 23.9 Å². The third kappa shape index (κ3) is 4.92. The summed E-state index contributed by atoms with van der Waals surface area (Å²) in [5, 5.41) is 14.6. The van der Waals surface area contributed by atoms with Gasteiger partial charge >= 0.3 is 0 Å². The highest BCUT2D eigenvalue weighted by molar-refractivity contribution is 6.04. The van der Waals surface area contributed by atoms with E-state index in [0.717, 1.165) is 22.5 Å². The molecule has 0 aliphatic carbocycles. The molecule has 3 aromatic heterocycles. The highest BCUT2D eigenvalue weighted by atomic mass is 19.1. The molecule has 11 heteroatoms. The summed E-state index contributed by atoms with van der Waals surface area (Å²) in [6.45, 7) is 4.37. The second-order valence-corrected chi connectivity index (χ2v) is 9.56. The normalized spacial score (nSPS) is 11.1. The molecule has 0 bridgehead atoms. The van der Waals surface area contributed by atoms with E-state index in [9.17, 15) is 14.0 Å². The van der Waals surface area contributed by atoms with Crippen LogP contribution in [0.2, 0.25) is 0 Å². The lowest BCUT2D eigenvalue weighted by Crippen LogP contribution is -2.29. The average Bonchev–Trinajstić information content (AvgIpc) is 3.65. The van der Waals surface area contributed by atoms with Gasteiger partial charge in [0.2, 0.25) is 0 Å². The van der Waals surface area contributed by atoms with E-state index in [0.29, 0.717) is 29.2 Å². The summed E-state index contributed by atoms with van der Waals surface area (Å²) in [7, 11) is 0. The van der Waals surface area contributed by atoms with Gasteiger partial charge in [0.25, 0.3) is 11.5 Å². The summed E-state index contributed by atoms with van der Waals surface area (Å²) in [4.78, 5) is 26.2. The second kappa shape index (κ2) is 10.8. The molecule has 3 aromatic carbocycles. The number of rotatable bonds is 7. The van der Waals surface area contributed by atoms with Crippen LogP contribution in [0.5, 0.6) is 11.5 Å². The minimum absolute atomic E-state index is 0.0611. The van der Waals surface area contributed by atoms with Crippen LogP contribution < -0.4 is 15.6 Å². The predicted octanol–water partition coefficient (Wildman–Crippen LogP) is 6.23. The first kappa shape index (κ1) is 26.6. The van der Waals surface area contributed by atoms with Crippen molar-refractivity contribution in [3.8, 4) is 28.3 Å². The van der Waals surface area contributed by atoms with E-state index in [1.165, 1.54) is 47.0 Å². The molecular weight excluding hydrogens is 542 g/mol. The van der Waals surface area contributed by atoms with Gasteiger partial charge in [0, 0.05) is 52.4 Å². The molecule has 0 saturated heterocycles. The molecule has 0 radical (unpaired) electrons. The summed E-state index contributed by atoms with van der Waals surface area (Å²) in [6.07, 6.45) is 5.07. The number of aromatic amines is 1. The van der Waals surface area contributed by atoms with Gasteiger partial charge in [0.15, 0.2) is 11.6 Å². The number of anilines is 1. The summed E-state index contributed by atoms with van der Waals surface area (Å²) in [5.41, 5.74) is 2.71. The Bertz CT molecular complexity index is 2000. The molecule has 0 spiro atoms. The van der Waals surface area contributed by atoms with Crippen LogP contribution in [0.25, 0.3) is 27.7 Å². The van der Waals surface area contributed by atoms with Gasteiger partial charge in [-0.1, -0.05) is 0 Å². The lowest BCUT2D eigenvalue weighted by atomic mass is 10.1. The summed E-state index contributed by atoms with van der Waals surface area (Å²) in [5.74, 6) is -1.55. The van der Waals surface area contributed by atoms with E-state index in [1.807, 2.05) is 17.7 Å². The van der Waals surface area contributed by atoms with Crippen molar-refractivity contribution in [2.24, 2.45) is 0 Å². The smallest absolute Gasteiger partial charge is 0.268 e. The third-order valence-corrected chi connectivity index (χ3v) is 6.87. The van der Waals surface area contributed by atoms with Crippen LogP contribution in [0.4, 0.5) is 14.5 Å². The molecule has 0 aliphatic rings. The number of nitrogens with zero attached hydrogens (tertiary/aromatic N) is 4. The fraction of sp³-hybridized carbons (Fsp3) is 0.0968. The SMILES string of the molecule is CCn1ncc2cc(Oc3ccc(NC(=O)c4ccc(C)n(-c5ccc(F)cc5)c4=O)cc3F)c(-c3cn[nH]c3)cc21. The minimum Gasteiger partial charge on any atom is -0.454 e. The van der Waals surface area contributed by atoms with Gasteiger partial charge in [0.05, 0.1) is 17.9 Å². The van der Waals surface area contributed by atoms with E-state index >= 15 is 4.39 Å². The lowest BCUT2D eigenvalue weighted by molar-refractivity contribution is 0.102. The Morgan fingerprint density at radius 3 is 2.52 bits per heavy atom. The number of carbonyl (C=O) groups is 1. The number of aromatic nitrogens is 5. The number of carbonyl (C=O) groups excluding carboxylic acids is 1. The molecule has 210 valence electrons. The first-order valence-electron chi connectivity index (χ1n) is 13.1. The van der Waals surface area contributed by atoms with Gasteiger partial charge in [-0.2, -0.15) is 10.2 Å². The van der Waals surface area contributed by atoms with E-state index in [2.05, 4.69) is 20.6 Å². The molecule has 0 aliphatic heterocycles. The zero-order chi connectivity index (χ0) is 29.4. The van der Waals surface area contributed by atoms with Crippen molar-refractivity contribution in [1.29, 1.82) is 0 Å². The van der Waals surface area contributed by atoms with Crippen LogP contribution >= 0.6 is 0 Å². The largest absolute Gasteiger partial charge is 0.454 e. The fourth-order valence-electron chi connectivity index (χ4n) is 4.76. The van der Waals surface area contributed by atoms with Gasteiger partial charge in [0.1, 0.15) is 17.1 Å². The van der Waals surface area contributed by atoms with Crippen LogP contribution in [0.3, 0.4) is 0 Å². The second-order valence-electron chi connectivity index (χ2n) is 9.56. The number of benzene rings is 3. The standard InChI is InChI=1S/C31H24F2N6O3/c1-3-38-27-14-25(20-15-34-35-16-20)29(12-19(27)17-36-38)42-28-11-7-22(13-26(28)33)37-30(40)24-10-4-18(2)39(31(24)41)23-8-5-21(32)6-9-23/h4-17H,3H2,1-2H3,(H,34,35)(H,37,40). The zero-order valence-corrected chi connectivity index (χ0v) is 22.6.